The third-order valence-electron chi connectivity index (χ3n) is 4.87. The molecule has 8 nitrogen and oxygen atoms in total. The van der Waals surface area contributed by atoms with E-state index in [0.717, 1.165) is 4.88 Å². The van der Waals surface area contributed by atoms with Gasteiger partial charge in [-0.2, -0.15) is 0 Å². The lowest BCUT2D eigenvalue weighted by atomic mass is 10.2. The highest BCUT2D eigenvalue weighted by Gasteiger charge is 2.28. The molecule has 32 heavy (non-hydrogen) atoms. The number of nitrogens with one attached hydrogen (secondary N) is 1. The molecule has 1 aliphatic heterocycles. The second kappa shape index (κ2) is 10.0. The standard InChI is InChI=1S/C22H29N3O5S2/c1-22(2,3)30-21(27)25-14-12-24(13-15-25)20(26)17-6-8-19(9-7-17)32(28,29)23-11-10-18-5-4-16-31-18/h4-9,16,23H,10-15H2,1-3H3. The predicted octanol–water partition coefficient (Wildman–Crippen LogP) is 2.96. The summed E-state index contributed by atoms with van der Waals surface area (Å²) in [6, 6.07) is 9.83. The summed E-state index contributed by atoms with van der Waals surface area (Å²) in [6.45, 7) is 7.31. The van der Waals surface area contributed by atoms with Crippen molar-refractivity contribution in [1.82, 2.24) is 14.5 Å². The number of carbonyl (C=O) groups is 2. The first kappa shape index (κ1) is 24.2. The van der Waals surface area contributed by atoms with Gasteiger partial charge in [0.2, 0.25) is 10.0 Å². The smallest absolute Gasteiger partial charge is 0.410 e. The second-order valence-corrected chi connectivity index (χ2v) is 11.3. The molecule has 0 unspecified atom stereocenters. The summed E-state index contributed by atoms with van der Waals surface area (Å²) < 4.78 is 32.9. The Morgan fingerprint density at radius 1 is 1.03 bits per heavy atom. The maximum Gasteiger partial charge on any atom is 0.410 e. The average Bonchev–Trinajstić information content (AvgIpc) is 3.25. The second-order valence-electron chi connectivity index (χ2n) is 8.51. The molecule has 2 heterocycles. The lowest BCUT2D eigenvalue weighted by molar-refractivity contribution is 0.0141. The van der Waals surface area contributed by atoms with Crippen molar-refractivity contribution in [2.45, 2.75) is 37.7 Å². The van der Waals surface area contributed by atoms with Crippen LogP contribution in [-0.2, 0) is 21.2 Å². The van der Waals surface area contributed by atoms with E-state index in [9.17, 15) is 18.0 Å². The number of ether oxygens (including phenoxy) is 1. The van der Waals surface area contributed by atoms with Crippen LogP contribution in [0.3, 0.4) is 0 Å². The number of hydrogen-bond donors (Lipinski definition) is 1. The van der Waals surface area contributed by atoms with Gasteiger partial charge in [-0.15, -0.1) is 11.3 Å². The summed E-state index contributed by atoms with van der Waals surface area (Å²) in [5, 5.41) is 1.96. The molecule has 1 aromatic carbocycles. The molecule has 10 heteroatoms. The summed E-state index contributed by atoms with van der Waals surface area (Å²) in [6.07, 6.45) is 0.244. The highest BCUT2D eigenvalue weighted by molar-refractivity contribution is 7.89. The number of nitrogens with zero attached hydrogens (tertiary/aromatic N) is 2. The van der Waals surface area contributed by atoms with Gasteiger partial charge in [-0.05, 0) is 62.9 Å². The third kappa shape index (κ3) is 6.54. The summed E-state index contributed by atoms with van der Waals surface area (Å²) in [7, 11) is -3.64. The molecule has 0 atom stereocenters. The topological polar surface area (TPSA) is 96.0 Å². The number of sulfonamides is 1. The van der Waals surface area contributed by atoms with Crippen molar-refractivity contribution in [2.24, 2.45) is 0 Å². The van der Waals surface area contributed by atoms with Gasteiger partial charge < -0.3 is 14.5 Å². The average molecular weight is 480 g/mol. The first-order valence-corrected chi connectivity index (χ1v) is 12.8. The zero-order valence-electron chi connectivity index (χ0n) is 18.5. The molecule has 3 rings (SSSR count). The fraction of sp³-hybridized carbons (Fsp3) is 0.455. The minimum absolute atomic E-state index is 0.120. The zero-order valence-corrected chi connectivity index (χ0v) is 20.2. The first-order valence-electron chi connectivity index (χ1n) is 10.4. The number of rotatable bonds is 6. The Morgan fingerprint density at radius 2 is 1.66 bits per heavy atom. The van der Waals surface area contributed by atoms with Crippen molar-refractivity contribution < 1.29 is 22.7 Å². The molecule has 174 valence electrons. The van der Waals surface area contributed by atoms with Crippen LogP contribution in [0.5, 0.6) is 0 Å². The van der Waals surface area contributed by atoms with Gasteiger partial charge in [0.05, 0.1) is 4.90 Å². The van der Waals surface area contributed by atoms with Crippen molar-refractivity contribution in [2.75, 3.05) is 32.7 Å². The maximum atomic E-state index is 12.8. The molecule has 0 aliphatic carbocycles. The molecule has 1 fully saturated rings. The molecular weight excluding hydrogens is 450 g/mol. The normalized spacial score (nSPS) is 15.0. The van der Waals surface area contributed by atoms with Crippen LogP contribution in [0.1, 0.15) is 36.0 Å². The Hall–Kier alpha value is -2.43. The van der Waals surface area contributed by atoms with Crippen LogP contribution < -0.4 is 4.72 Å². The van der Waals surface area contributed by atoms with Crippen LogP contribution in [-0.4, -0.2) is 68.5 Å². The Morgan fingerprint density at radius 3 is 2.22 bits per heavy atom. The molecule has 0 saturated carbocycles. The van der Waals surface area contributed by atoms with Gasteiger partial charge in [0.15, 0.2) is 0 Å². The van der Waals surface area contributed by atoms with Crippen molar-refractivity contribution >= 4 is 33.4 Å². The van der Waals surface area contributed by atoms with Crippen molar-refractivity contribution in [3.05, 3.63) is 52.2 Å². The molecule has 1 aliphatic rings. The van der Waals surface area contributed by atoms with E-state index in [1.54, 1.807) is 21.1 Å². The zero-order chi connectivity index (χ0) is 23.4. The number of hydrogen-bond acceptors (Lipinski definition) is 6. The number of piperazine rings is 1. The van der Waals surface area contributed by atoms with Crippen molar-refractivity contribution in [3.63, 3.8) is 0 Å². The molecule has 2 aromatic rings. The lowest BCUT2D eigenvalue weighted by Crippen LogP contribution is -2.51. The molecule has 2 amide bonds. The van der Waals surface area contributed by atoms with E-state index in [2.05, 4.69) is 4.72 Å². The molecular formula is C22H29N3O5S2. The monoisotopic (exact) mass is 479 g/mol. The highest BCUT2D eigenvalue weighted by atomic mass is 32.2. The van der Waals surface area contributed by atoms with Gasteiger partial charge in [-0.1, -0.05) is 6.07 Å². The SMILES string of the molecule is CC(C)(C)OC(=O)N1CCN(C(=O)c2ccc(S(=O)(=O)NCCc3cccs3)cc2)CC1. The predicted molar refractivity (Wildman–Crippen MR) is 123 cm³/mol. The summed E-state index contributed by atoms with van der Waals surface area (Å²) in [5.74, 6) is -0.191. The number of carbonyl (C=O) groups excluding carboxylic acids is 2. The summed E-state index contributed by atoms with van der Waals surface area (Å²) in [4.78, 5) is 29.4. The van der Waals surface area contributed by atoms with Crippen LogP contribution in [0.4, 0.5) is 4.79 Å². The van der Waals surface area contributed by atoms with Crippen LogP contribution in [0.2, 0.25) is 0 Å². The fourth-order valence-corrected chi connectivity index (χ4v) is 4.97. The van der Waals surface area contributed by atoms with E-state index in [1.807, 2.05) is 38.3 Å². The van der Waals surface area contributed by atoms with Gasteiger partial charge in [0.1, 0.15) is 5.60 Å². The van der Waals surface area contributed by atoms with Crippen LogP contribution >= 0.6 is 11.3 Å². The number of amides is 2. The Labute approximate surface area is 193 Å². The number of benzene rings is 1. The van der Waals surface area contributed by atoms with E-state index in [0.29, 0.717) is 44.7 Å². The Bertz CT molecular complexity index is 1020. The molecule has 0 radical (unpaired) electrons. The minimum atomic E-state index is -3.64. The quantitative estimate of drug-likeness (QED) is 0.687. The molecule has 0 bridgehead atoms. The first-order chi connectivity index (χ1) is 15.0. The van der Waals surface area contributed by atoms with E-state index in [1.165, 1.54) is 24.3 Å². The highest BCUT2D eigenvalue weighted by Crippen LogP contribution is 2.16. The molecule has 1 saturated heterocycles. The van der Waals surface area contributed by atoms with Crippen molar-refractivity contribution in [3.8, 4) is 0 Å². The largest absolute Gasteiger partial charge is 0.444 e. The van der Waals surface area contributed by atoms with Crippen molar-refractivity contribution in [1.29, 1.82) is 0 Å². The molecule has 1 aromatic heterocycles. The Kier molecular flexibility index (Phi) is 7.58. The van der Waals surface area contributed by atoms with Gasteiger partial charge in [0.25, 0.3) is 5.91 Å². The van der Waals surface area contributed by atoms with E-state index in [-0.39, 0.29) is 16.9 Å². The van der Waals surface area contributed by atoms with Gasteiger partial charge in [-0.25, -0.2) is 17.9 Å². The summed E-state index contributed by atoms with van der Waals surface area (Å²) in [5.41, 5.74) is -0.154. The van der Waals surface area contributed by atoms with Gasteiger partial charge in [-0.3, -0.25) is 4.79 Å². The third-order valence-corrected chi connectivity index (χ3v) is 7.29. The van der Waals surface area contributed by atoms with Crippen LogP contribution in [0, 0.1) is 0 Å². The Balaban J connectivity index is 1.53. The van der Waals surface area contributed by atoms with E-state index in [4.69, 9.17) is 4.74 Å². The van der Waals surface area contributed by atoms with Gasteiger partial charge in [0, 0.05) is 43.2 Å². The molecule has 1 N–H and O–H groups in total. The lowest BCUT2D eigenvalue weighted by Gasteiger charge is -2.35. The fourth-order valence-electron chi connectivity index (χ4n) is 3.22. The van der Waals surface area contributed by atoms with E-state index >= 15 is 0 Å². The minimum Gasteiger partial charge on any atom is -0.444 e. The van der Waals surface area contributed by atoms with Gasteiger partial charge >= 0.3 is 6.09 Å². The van der Waals surface area contributed by atoms with E-state index < -0.39 is 15.6 Å². The molecule has 0 spiro atoms. The van der Waals surface area contributed by atoms with Crippen LogP contribution in [0.15, 0.2) is 46.7 Å². The maximum absolute atomic E-state index is 12.8. The summed E-state index contributed by atoms with van der Waals surface area (Å²) >= 11 is 1.59. The number of thiophene rings is 1. The van der Waals surface area contributed by atoms with Crippen LogP contribution in [0.25, 0.3) is 0 Å².